The molecule has 51 heavy (non-hydrogen) atoms. The first kappa shape index (κ1) is 39.1. The fourth-order valence-electron chi connectivity index (χ4n) is 6.65. The van der Waals surface area contributed by atoms with Crippen LogP contribution in [0.15, 0.2) is 60.7 Å². The van der Waals surface area contributed by atoms with Crippen LogP contribution < -0.4 is 21.3 Å². The summed E-state index contributed by atoms with van der Waals surface area (Å²) in [5, 5.41) is 10.4. The summed E-state index contributed by atoms with van der Waals surface area (Å²) in [4.78, 5) is 95.6. The second-order valence-corrected chi connectivity index (χ2v) is 13.0. The highest BCUT2D eigenvalue weighted by Crippen LogP contribution is 2.29. The summed E-state index contributed by atoms with van der Waals surface area (Å²) in [6.45, 7) is 1.20. The van der Waals surface area contributed by atoms with Crippen molar-refractivity contribution in [3.8, 4) is 0 Å². The molecular weight excluding hydrogens is 675 g/mol. The molecule has 0 bridgehead atoms. The summed E-state index contributed by atoms with van der Waals surface area (Å²) in [7, 11) is 3.49. The van der Waals surface area contributed by atoms with Crippen LogP contribution in [0.4, 0.5) is 4.79 Å². The normalized spacial score (nSPS) is 17.9. The smallest absolute Gasteiger partial charge is 0.335 e. The van der Waals surface area contributed by atoms with Crippen molar-refractivity contribution in [2.24, 2.45) is 5.92 Å². The number of urea groups is 1. The Morgan fingerprint density at radius 3 is 2.18 bits per heavy atom. The Bertz CT molecular complexity index is 1560. The van der Waals surface area contributed by atoms with Crippen molar-refractivity contribution in [2.75, 3.05) is 20.1 Å². The minimum atomic E-state index is -1.29. The van der Waals surface area contributed by atoms with Gasteiger partial charge in [0.25, 0.3) is 5.91 Å². The third-order valence-electron chi connectivity index (χ3n) is 9.27. The largest absolute Gasteiger partial charge is 0.450 e. The van der Waals surface area contributed by atoms with Crippen molar-refractivity contribution in [1.29, 1.82) is 0 Å². The van der Waals surface area contributed by atoms with Crippen LogP contribution >= 0.6 is 9.47 Å². The van der Waals surface area contributed by atoms with E-state index in [0.717, 1.165) is 42.6 Å². The van der Waals surface area contributed by atoms with Gasteiger partial charge < -0.3 is 30.7 Å². The highest BCUT2D eigenvalue weighted by molar-refractivity contribution is 7.10. The summed E-state index contributed by atoms with van der Waals surface area (Å²) < 4.78 is 4.71. The lowest BCUT2D eigenvalue weighted by Crippen LogP contribution is -2.58. The van der Waals surface area contributed by atoms with E-state index in [1.807, 2.05) is 39.8 Å². The highest BCUT2D eigenvalue weighted by Gasteiger charge is 2.48. The summed E-state index contributed by atoms with van der Waals surface area (Å²) in [5.41, 5.74) is 1.27. The number of rotatable bonds is 16. The first-order chi connectivity index (χ1) is 24.6. The Labute approximate surface area is 300 Å². The molecule has 15 heteroatoms. The number of benzene rings is 2. The van der Waals surface area contributed by atoms with Gasteiger partial charge in [0.05, 0.1) is 34.6 Å². The second kappa shape index (κ2) is 19.1. The summed E-state index contributed by atoms with van der Waals surface area (Å²) in [6, 6.07) is 12.6. The van der Waals surface area contributed by atoms with Crippen LogP contribution in [0, 0.1) is 5.92 Å². The van der Waals surface area contributed by atoms with Gasteiger partial charge in [0.2, 0.25) is 23.5 Å². The molecule has 1 aliphatic carbocycles. The molecule has 2 aromatic carbocycles. The molecule has 4 rings (SSSR count). The number of hydrogen-bond acceptors (Lipinski definition) is 9. The van der Waals surface area contributed by atoms with E-state index in [9.17, 15) is 33.6 Å². The molecule has 6 amide bonds. The average molecular weight is 723 g/mol. The van der Waals surface area contributed by atoms with E-state index >= 15 is 0 Å². The van der Waals surface area contributed by atoms with Crippen LogP contribution in [0.3, 0.4) is 0 Å². The number of carbonyl (C=O) groups excluding carboxylic acids is 7. The Balaban J connectivity index is 1.46. The number of hydrogen-bond donors (Lipinski definition) is 4. The fourth-order valence-corrected chi connectivity index (χ4v) is 6.79. The zero-order chi connectivity index (χ0) is 36.9. The van der Waals surface area contributed by atoms with Gasteiger partial charge in [-0.2, -0.15) is 0 Å². The van der Waals surface area contributed by atoms with Crippen LogP contribution in [-0.4, -0.2) is 89.5 Å². The fraction of sp³-hybridized carbons (Fsp3) is 0.472. The van der Waals surface area contributed by atoms with Crippen LogP contribution in [0.2, 0.25) is 0 Å². The number of nitrogens with one attached hydrogen (secondary N) is 4. The van der Waals surface area contributed by atoms with E-state index in [1.54, 1.807) is 44.3 Å². The minimum Gasteiger partial charge on any atom is -0.450 e. The molecule has 2 aromatic rings. The van der Waals surface area contributed by atoms with Crippen molar-refractivity contribution in [1.82, 2.24) is 31.1 Å². The summed E-state index contributed by atoms with van der Waals surface area (Å²) in [6.07, 6.45) is 5.15. The van der Waals surface area contributed by atoms with E-state index in [2.05, 4.69) is 21.3 Å². The SMILES string of the molecule is CCCC(NC(=O)C1CN(Cc2ccccc2)C(=O)N1C(=O)C(NC)C1CCCCC1)C(=O)C(=O)NCC(=O)N[C@H](C(=O)OP)c1ccccc1. The molecule has 1 saturated carbocycles. The number of imide groups is 1. The Hall–Kier alpha value is -4.68. The zero-order valence-corrected chi connectivity index (χ0v) is 30.1. The van der Waals surface area contributed by atoms with Gasteiger partial charge >= 0.3 is 12.0 Å². The minimum absolute atomic E-state index is 0.000674. The number of Topliss-reactive ketones (excluding diaryl/α,β-unsaturated/α-hetero) is 1. The molecule has 4 N–H and O–H groups in total. The molecule has 2 aliphatic rings. The molecular formula is C36H47N6O8P. The number of carbonyl (C=O) groups is 7. The maximum Gasteiger partial charge on any atom is 0.335 e. The summed E-state index contributed by atoms with van der Waals surface area (Å²) in [5.74, 6) is -4.89. The van der Waals surface area contributed by atoms with Gasteiger partial charge in [-0.25, -0.2) is 14.5 Å². The maximum absolute atomic E-state index is 14.1. The standard InChI is InChI=1S/C36H47N6O8P/c1-3-13-26(31(44)33(46)38-20-28(43)40-30(35(48)50-51)25-18-11-6-12-19-25)39-32(45)27-22-41(21-23-14-7-4-8-15-23)36(49)42(27)34(47)29(37-2)24-16-9-5-10-17-24/h4,6-8,11-12,14-15,18-19,24,26-27,29-30,37H,3,5,9-10,13,16-17,20-22,51H2,1-2H3,(H,38,46)(H,39,45)(H,40,43)/t26?,27?,29?,30-/m0/s1. The predicted octanol–water partition coefficient (Wildman–Crippen LogP) is 2.15. The first-order valence-electron chi connectivity index (χ1n) is 17.3. The van der Waals surface area contributed by atoms with Gasteiger partial charge in [-0.15, -0.1) is 0 Å². The predicted molar refractivity (Wildman–Crippen MR) is 190 cm³/mol. The van der Waals surface area contributed by atoms with Gasteiger partial charge in [0.15, 0.2) is 6.04 Å². The number of nitrogens with zero attached hydrogens (tertiary/aromatic N) is 2. The molecule has 14 nitrogen and oxygen atoms in total. The van der Waals surface area contributed by atoms with E-state index in [4.69, 9.17) is 4.52 Å². The third kappa shape index (κ3) is 10.2. The molecule has 4 unspecified atom stereocenters. The van der Waals surface area contributed by atoms with Gasteiger partial charge in [0, 0.05) is 6.54 Å². The number of likely N-dealkylation sites (N-methyl/N-ethyl adjacent to an activating group) is 1. The van der Waals surface area contributed by atoms with Crippen LogP contribution in [0.25, 0.3) is 0 Å². The first-order valence-corrected chi connectivity index (χ1v) is 17.8. The lowest BCUT2D eigenvalue weighted by molar-refractivity contribution is -0.142. The van der Waals surface area contributed by atoms with E-state index in [0.29, 0.717) is 12.0 Å². The molecule has 274 valence electrons. The van der Waals surface area contributed by atoms with Crippen molar-refractivity contribution in [2.45, 2.75) is 82.6 Å². The van der Waals surface area contributed by atoms with Crippen LogP contribution in [-0.2, 0) is 39.8 Å². The molecule has 0 aromatic heterocycles. The number of ketones is 1. The second-order valence-electron chi connectivity index (χ2n) is 12.8. The maximum atomic E-state index is 14.1. The Morgan fingerprint density at radius 2 is 1.57 bits per heavy atom. The Kier molecular flexibility index (Phi) is 14.6. The van der Waals surface area contributed by atoms with E-state index < -0.39 is 72.1 Å². The molecule has 0 radical (unpaired) electrons. The Morgan fingerprint density at radius 1 is 0.922 bits per heavy atom. The molecule has 5 atom stereocenters. The zero-order valence-electron chi connectivity index (χ0n) is 29.0. The van der Waals surface area contributed by atoms with E-state index in [-0.39, 0.29) is 25.4 Å². The molecule has 0 spiro atoms. The van der Waals surface area contributed by atoms with Crippen LogP contribution in [0.5, 0.6) is 0 Å². The van der Waals surface area contributed by atoms with Crippen molar-refractivity contribution >= 4 is 50.9 Å². The van der Waals surface area contributed by atoms with Crippen molar-refractivity contribution in [3.05, 3.63) is 71.8 Å². The quantitative estimate of drug-likeness (QED) is 0.149. The molecule has 1 aliphatic heterocycles. The van der Waals surface area contributed by atoms with Gasteiger partial charge in [-0.3, -0.25) is 24.0 Å². The van der Waals surface area contributed by atoms with Crippen molar-refractivity contribution < 1.29 is 38.1 Å². The van der Waals surface area contributed by atoms with Crippen LogP contribution in [0.1, 0.15) is 69.0 Å². The highest BCUT2D eigenvalue weighted by atomic mass is 31.0. The molecule has 1 heterocycles. The average Bonchev–Trinajstić information content (AvgIpc) is 3.48. The van der Waals surface area contributed by atoms with Gasteiger partial charge in [0.1, 0.15) is 6.04 Å². The lowest BCUT2D eigenvalue weighted by Gasteiger charge is -2.32. The molecule has 2 fully saturated rings. The van der Waals surface area contributed by atoms with Gasteiger partial charge in [-0.05, 0) is 43.4 Å². The lowest BCUT2D eigenvalue weighted by atomic mass is 9.83. The number of amides is 6. The van der Waals surface area contributed by atoms with Crippen molar-refractivity contribution in [3.63, 3.8) is 0 Å². The summed E-state index contributed by atoms with van der Waals surface area (Å²) >= 11 is 0. The third-order valence-corrected chi connectivity index (χ3v) is 9.50. The monoisotopic (exact) mass is 722 g/mol. The topological polar surface area (TPSA) is 183 Å². The van der Waals surface area contributed by atoms with E-state index in [1.165, 1.54) is 4.90 Å². The molecule has 1 saturated heterocycles. The van der Waals surface area contributed by atoms with Gasteiger partial charge in [-0.1, -0.05) is 93.3 Å².